The summed E-state index contributed by atoms with van der Waals surface area (Å²) in [5.41, 5.74) is 8.81. The molecule has 4 rings (SSSR count). The summed E-state index contributed by atoms with van der Waals surface area (Å²) in [6, 6.07) is 12.5. The SMILES string of the molecule is NC(=O)c1ncccc1CN(C(=O)c1cccnc1)[C@@H]1CCc2cccc(Cl)c21. The molecule has 1 aromatic carbocycles. The monoisotopic (exact) mass is 406 g/mol. The van der Waals surface area contributed by atoms with Crippen molar-refractivity contribution in [3.63, 3.8) is 0 Å². The molecule has 29 heavy (non-hydrogen) atoms. The van der Waals surface area contributed by atoms with E-state index in [9.17, 15) is 9.59 Å². The Balaban J connectivity index is 1.78. The zero-order valence-electron chi connectivity index (χ0n) is 15.6. The molecule has 0 bridgehead atoms. The Labute approximate surface area is 173 Å². The lowest BCUT2D eigenvalue weighted by atomic mass is 10.0. The van der Waals surface area contributed by atoms with Gasteiger partial charge in [-0.05, 0) is 48.2 Å². The Bertz CT molecular complexity index is 1070. The van der Waals surface area contributed by atoms with Crippen molar-refractivity contribution >= 4 is 23.4 Å². The summed E-state index contributed by atoms with van der Waals surface area (Å²) in [6.07, 6.45) is 6.24. The fourth-order valence-electron chi connectivity index (χ4n) is 3.87. The number of aromatic nitrogens is 2. The minimum absolute atomic E-state index is 0.161. The Morgan fingerprint density at radius 3 is 2.72 bits per heavy atom. The lowest BCUT2D eigenvalue weighted by molar-refractivity contribution is 0.0655. The maximum atomic E-state index is 13.4. The topological polar surface area (TPSA) is 89.2 Å². The number of carbonyl (C=O) groups is 2. The van der Waals surface area contributed by atoms with Crippen molar-refractivity contribution in [3.8, 4) is 0 Å². The van der Waals surface area contributed by atoms with E-state index in [-0.39, 0.29) is 24.2 Å². The lowest BCUT2D eigenvalue weighted by Gasteiger charge is -2.31. The minimum atomic E-state index is -0.626. The van der Waals surface area contributed by atoms with Gasteiger partial charge in [-0.2, -0.15) is 0 Å². The molecule has 7 heteroatoms. The zero-order chi connectivity index (χ0) is 20.4. The van der Waals surface area contributed by atoms with Crippen molar-refractivity contribution in [3.05, 3.63) is 94.0 Å². The summed E-state index contributed by atoms with van der Waals surface area (Å²) in [6.45, 7) is 0.190. The number of nitrogens with two attached hydrogens (primary N) is 1. The van der Waals surface area contributed by atoms with Crippen LogP contribution in [0.3, 0.4) is 0 Å². The number of rotatable bonds is 5. The van der Waals surface area contributed by atoms with Gasteiger partial charge in [-0.25, -0.2) is 0 Å². The van der Waals surface area contributed by atoms with Crippen LogP contribution in [0, 0.1) is 0 Å². The van der Waals surface area contributed by atoms with Gasteiger partial charge in [0.1, 0.15) is 5.69 Å². The number of benzene rings is 1. The molecule has 0 saturated carbocycles. The third-order valence-electron chi connectivity index (χ3n) is 5.17. The molecule has 1 aliphatic carbocycles. The van der Waals surface area contributed by atoms with Crippen molar-refractivity contribution in [2.45, 2.75) is 25.4 Å². The molecule has 146 valence electrons. The van der Waals surface area contributed by atoms with Gasteiger partial charge in [-0.1, -0.05) is 29.8 Å². The quantitative estimate of drug-likeness (QED) is 0.701. The first-order chi connectivity index (χ1) is 14.1. The smallest absolute Gasteiger partial charge is 0.267 e. The van der Waals surface area contributed by atoms with Gasteiger partial charge < -0.3 is 10.6 Å². The van der Waals surface area contributed by atoms with Gasteiger partial charge >= 0.3 is 0 Å². The molecule has 3 aromatic rings. The van der Waals surface area contributed by atoms with Crippen molar-refractivity contribution in [2.24, 2.45) is 5.73 Å². The molecule has 0 aliphatic heterocycles. The molecule has 0 radical (unpaired) electrons. The number of hydrogen-bond donors (Lipinski definition) is 1. The van der Waals surface area contributed by atoms with Gasteiger partial charge in [0.15, 0.2) is 0 Å². The fraction of sp³-hybridized carbons (Fsp3) is 0.182. The van der Waals surface area contributed by atoms with Crippen LogP contribution in [0.2, 0.25) is 5.02 Å². The summed E-state index contributed by atoms with van der Waals surface area (Å²) < 4.78 is 0. The highest BCUT2D eigenvalue weighted by molar-refractivity contribution is 6.31. The van der Waals surface area contributed by atoms with E-state index in [0.29, 0.717) is 16.1 Å². The Hall–Kier alpha value is -3.25. The first kappa shape index (κ1) is 19.1. The third kappa shape index (κ3) is 3.71. The van der Waals surface area contributed by atoms with Crippen LogP contribution in [0.25, 0.3) is 0 Å². The van der Waals surface area contributed by atoms with Gasteiger partial charge in [0, 0.05) is 35.7 Å². The molecule has 2 amide bonds. The second-order valence-electron chi connectivity index (χ2n) is 6.92. The highest BCUT2D eigenvalue weighted by Gasteiger charge is 2.34. The number of carbonyl (C=O) groups excluding carboxylic acids is 2. The lowest BCUT2D eigenvalue weighted by Crippen LogP contribution is -2.34. The number of pyridine rings is 2. The predicted octanol–water partition coefficient (Wildman–Crippen LogP) is 3.56. The average Bonchev–Trinajstić information content (AvgIpc) is 3.17. The molecular weight excluding hydrogens is 388 g/mol. The van der Waals surface area contributed by atoms with E-state index in [1.807, 2.05) is 18.2 Å². The van der Waals surface area contributed by atoms with Gasteiger partial charge in [0.2, 0.25) is 0 Å². The number of primary amides is 1. The standard InChI is InChI=1S/C22H19ClN4O2/c23-17-7-1-4-14-8-9-18(19(14)17)27(22(29)15-5-2-10-25-12-15)13-16-6-3-11-26-20(16)21(24)28/h1-7,10-12,18H,8-9,13H2,(H2,24,28)/t18-/m1/s1. The van der Waals surface area contributed by atoms with Crippen molar-refractivity contribution < 1.29 is 9.59 Å². The van der Waals surface area contributed by atoms with E-state index in [4.69, 9.17) is 17.3 Å². The molecular formula is C22H19ClN4O2. The normalized spacial score (nSPS) is 15.0. The highest BCUT2D eigenvalue weighted by Crippen LogP contribution is 2.41. The Kier molecular flexibility index (Phi) is 5.27. The Morgan fingerprint density at radius 1 is 1.14 bits per heavy atom. The number of amides is 2. The first-order valence-electron chi connectivity index (χ1n) is 9.28. The zero-order valence-corrected chi connectivity index (χ0v) is 16.3. The van der Waals surface area contributed by atoms with Crippen LogP contribution in [-0.4, -0.2) is 26.7 Å². The van der Waals surface area contributed by atoms with Crippen molar-refractivity contribution in [1.82, 2.24) is 14.9 Å². The summed E-state index contributed by atoms with van der Waals surface area (Å²) >= 11 is 6.51. The Morgan fingerprint density at radius 2 is 1.97 bits per heavy atom. The number of nitrogens with zero attached hydrogens (tertiary/aromatic N) is 3. The van der Waals surface area contributed by atoms with Crippen LogP contribution < -0.4 is 5.73 Å². The summed E-state index contributed by atoms with van der Waals surface area (Å²) in [4.78, 5) is 35.2. The predicted molar refractivity (Wildman–Crippen MR) is 109 cm³/mol. The maximum Gasteiger partial charge on any atom is 0.267 e. The molecule has 0 spiro atoms. The van der Waals surface area contributed by atoms with Crippen LogP contribution in [0.5, 0.6) is 0 Å². The third-order valence-corrected chi connectivity index (χ3v) is 5.50. The maximum absolute atomic E-state index is 13.4. The van der Waals surface area contributed by atoms with E-state index in [2.05, 4.69) is 9.97 Å². The van der Waals surface area contributed by atoms with Gasteiger partial charge in [0.25, 0.3) is 11.8 Å². The first-order valence-corrected chi connectivity index (χ1v) is 9.66. The molecule has 1 aliphatic rings. The number of aryl methyl sites for hydroxylation is 1. The summed E-state index contributed by atoms with van der Waals surface area (Å²) in [5.74, 6) is -0.811. The van der Waals surface area contributed by atoms with Crippen LogP contribution in [0.4, 0.5) is 0 Å². The van der Waals surface area contributed by atoms with E-state index in [1.54, 1.807) is 35.4 Å². The van der Waals surface area contributed by atoms with Gasteiger partial charge in [-0.3, -0.25) is 19.6 Å². The van der Waals surface area contributed by atoms with Crippen LogP contribution in [0.15, 0.2) is 61.1 Å². The largest absolute Gasteiger partial charge is 0.364 e. The van der Waals surface area contributed by atoms with Crippen LogP contribution in [-0.2, 0) is 13.0 Å². The number of halogens is 1. The second-order valence-corrected chi connectivity index (χ2v) is 7.32. The van der Waals surface area contributed by atoms with E-state index >= 15 is 0 Å². The van der Waals surface area contributed by atoms with E-state index < -0.39 is 5.91 Å². The fourth-order valence-corrected chi connectivity index (χ4v) is 4.19. The highest BCUT2D eigenvalue weighted by atomic mass is 35.5. The van der Waals surface area contributed by atoms with E-state index in [0.717, 1.165) is 24.0 Å². The molecule has 2 N–H and O–H groups in total. The van der Waals surface area contributed by atoms with Gasteiger partial charge in [-0.15, -0.1) is 0 Å². The second kappa shape index (κ2) is 8.01. The molecule has 0 fully saturated rings. The number of hydrogen-bond acceptors (Lipinski definition) is 4. The summed E-state index contributed by atoms with van der Waals surface area (Å²) in [5, 5.41) is 0.635. The minimum Gasteiger partial charge on any atom is -0.364 e. The molecule has 0 unspecified atom stereocenters. The summed E-state index contributed by atoms with van der Waals surface area (Å²) in [7, 11) is 0. The van der Waals surface area contributed by atoms with Gasteiger partial charge in [0.05, 0.1) is 11.6 Å². The van der Waals surface area contributed by atoms with Crippen LogP contribution >= 0.6 is 11.6 Å². The van der Waals surface area contributed by atoms with E-state index in [1.165, 1.54) is 12.4 Å². The molecule has 2 aromatic heterocycles. The van der Waals surface area contributed by atoms with Crippen LogP contribution in [0.1, 0.15) is 50.0 Å². The molecule has 0 saturated heterocycles. The van der Waals surface area contributed by atoms with Crippen molar-refractivity contribution in [1.29, 1.82) is 0 Å². The van der Waals surface area contributed by atoms with Crippen molar-refractivity contribution in [2.75, 3.05) is 0 Å². The molecule has 1 atom stereocenters. The number of fused-ring (bicyclic) bond motifs is 1. The average molecular weight is 407 g/mol. The molecule has 6 nitrogen and oxygen atoms in total. The molecule has 2 heterocycles.